The lowest BCUT2D eigenvalue weighted by Crippen LogP contribution is -2.29. The highest BCUT2D eigenvalue weighted by Gasteiger charge is 2.55. The fourth-order valence-electron chi connectivity index (χ4n) is 3.91. The highest BCUT2D eigenvalue weighted by atomic mass is 14.6. The van der Waals surface area contributed by atoms with Crippen molar-refractivity contribution >= 4 is 0 Å². The molecule has 2 aliphatic carbocycles. The second-order valence-electron chi connectivity index (χ2n) is 6.08. The van der Waals surface area contributed by atoms with E-state index < -0.39 is 0 Å². The van der Waals surface area contributed by atoms with Crippen LogP contribution in [-0.2, 0) is 0 Å². The van der Waals surface area contributed by atoms with E-state index in [1.807, 2.05) is 0 Å². The molecule has 82 valence electrons. The van der Waals surface area contributed by atoms with E-state index in [1.54, 1.807) is 0 Å². The van der Waals surface area contributed by atoms with Crippen molar-refractivity contribution < 1.29 is 0 Å². The minimum absolute atomic E-state index is 0.776. The van der Waals surface area contributed by atoms with Crippen molar-refractivity contribution in [2.45, 2.75) is 59.8 Å². The molecule has 14 heavy (non-hydrogen) atoms. The molecule has 0 heteroatoms. The molecule has 0 aromatic heterocycles. The van der Waals surface area contributed by atoms with Crippen molar-refractivity contribution in [3.63, 3.8) is 0 Å². The monoisotopic (exact) mass is 194 g/mol. The summed E-state index contributed by atoms with van der Waals surface area (Å²) in [5.74, 6) is 4.20. The van der Waals surface area contributed by atoms with Crippen molar-refractivity contribution in [2.24, 2.45) is 29.1 Å². The van der Waals surface area contributed by atoms with Crippen LogP contribution in [0.2, 0.25) is 0 Å². The van der Waals surface area contributed by atoms with E-state index in [0.717, 1.165) is 29.1 Å². The smallest absolute Gasteiger partial charge is 0.0269 e. The second kappa shape index (κ2) is 3.54. The third-order valence-corrected chi connectivity index (χ3v) is 5.45. The van der Waals surface area contributed by atoms with E-state index in [2.05, 4.69) is 27.7 Å². The molecule has 0 nitrogen and oxygen atoms in total. The van der Waals surface area contributed by atoms with Crippen LogP contribution < -0.4 is 0 Å². The zero-order chi connectivity index (χ0) is 10.3. The summed E-state index contributed by atoms with van der Waals surface area (Å²) in [6.45, 7) is 9.70. The summed E-state index contributed by atoms with van der Waals surface area (Å²) < 4.78 is 0. The van der Waals surface area contributed by atoms with Gasteiger partial charge in [0.1, 0.15) is 0 Å². The van der Waals surface area contributed by atoms with Gasteiger partial charge in [0.05, 0.1) is 0 Å². The van der Waals surface area contributed by atoms with Crippen LogP contribution in [0.4, 0.5) is 0 Å². The molecule has 0 heterocycles. The van der Waals surface area contributed by atoms with E-state index >= 15 is 0 Å². The van der Waals surface area contributed by atoms with E-state index in [4.69, 9.17) is 0 Å². The molecule has 0 amide bonds. The Hall–Kier alpha value is 0. The van der Waals surface area contributed by atoms with Crippen LogP contribution in [0.15, 0.2) is 0 Å². The van der Waals surface area contributed by atoms with Gasteiger partial charge in [0.2, 0.25) is 0 Å². The summed E-state index contributed by atoms with van der Waals surface area (Å²) in [7, 11) is 0. The molecule has 0 saturated heterocycles. The van der Waals surface area contributed by atoms with Gasteiger partial charge >= 0.3 is 0 Å². The molecule has 0 spiro atoms. The minimum Gasteiger partial charge on any atom is -0.0648 e. The number of rotatable bonds is 4. The maximum Gasteiger partial charge on any atom is -0.0269 e. The SMILES string of the molecule is CCC1(CC)CC1C(C)C1CC(C)C1. The lowest BCUT2D eigenvalue weighted by molar-refractivity contribution is 0.120. The van der Waals surface area contributed by atoms with Crippen LogP contribution in [0.1, 0.15) is 59.8 Å². The number of hydrogen-bond acceptors (Lipinski definition) is 0. The molecule has 2 saturated carbocycles. The van der Waals surface area contributed by atoms with Gasteiger partial charge in [-0.1, -0.05) is 40.5 Å². The van der Waals surface area contributed by atoms with Gasteiger partial charge in [-0.3, -0.25) is 0 Å². The van der Waals surface area contributed by atoms with Gasteiger partial charge < -0.3 is 0 Å². The number of hydrogen-bond donors (Lipinski definition) is 0. The zero-order valence-electron chi connectivity index (χ0n) is 10.3. The molecule has 0 radical (unpaired) electrons. The van der Waals surface area contributed by atoms with Crippen LogP contribution in [-0.4, -0.2) is 0 Å². The Bertz CT molecular complexity index is 196. The first-order valence-corrected chi connectivity index (χ1v) is 6.63. The highest BCUT2D eigenvalue weighted by Crippen LogP contribution is 2.63. The van der Waals surface area contributed by atoms with Gasteiger partial charge in [-0.2, -0.15) is 0 Å². The van der Waals surface area contributed by atoms with Gasteiger partial charge in [0.15, 0.2) is 0 Å². The first kappa shape index (κ1) is 10.5. The van der Waals surface area contributed by atoms with Crippen LogP contribution >= 0.6 is 0 Å². The topological polar surface area (TPSA) is 0 Å². The predicted molar refractivity (Wildman–Crippen MR) is 62.2 cm³/mol. The van der Waals surface area contributed by atoms with Crippen molar-refractivity contribution in [3.05, 3.63) is 0 Å². The van der Waals surface area contributed by atoms with E-state index in [-0.39, 0.29) is 0 Å². The fraction of sp³-hybridized carbons (Fsp3) is 1.00. The highest BCUT2D eigenvalue weighted by molar-refractivity contribution is 5.04. The molecule has 0 N–H and O–H groups in total. The quantitative estimate of drug-likeness (QED) is 0.618. The molecule has 0 aromatic carbocycles. The Balaban J connectivity index is 1.86. The maximum atomic E-state index is 2.52. The Morgan fingerprint density at radius 3 is 2.14 bits per heavy atom. The summed E-state index contributed by atoms with van der Waals surface area (Å²) >= 11 is 0. The lowest BCUT2D eigenvalue weighted by Gasteiger charge is -2.38. The summed E-state index contributed by atoms with van der Waals surface area (Å²) in [4.78, 5) is 0. The molecule has 2 aliphatic rings. The minimum atomic E-state index is 0.776. The van der Waals surface area contributed by atoms with E-state index in [1.165, 1.54) is 32.1 Å². The first-order chi connectivity index (χ1) is 6.63. The molecule has 2 fully saturated rings. The Morgan fingerprint density at radius 2 is 1.79 bits per heavy atom. The standard InChI is InChI=1S/C14H26/c1-5-14(6-2)9-13(14)11(4)12-7-10(3)8-12/h10-13H,5-9H2,1-4H3. The molecular weight excluding hydrogens is 168 g/mol. The largest absolute Gasteiger partial charge is 0.0648 e. The summed E-state index contributed by atoms with van der Waals surface area (Å²) in [6, 6.07) is 0. The Kier molecular flexibility index (Phi) is 2.66. The molecular formula is C14H26. The molecule has 0 bridgehead atoms. The average Bonchev–Trinajstić information content (AvgIpc) is 2.87. The average molecular weight is 194 g/mol. The molecule has 0 aliphatic heterocycles. The maximum absolute atomic E-state index is 2.52. The van der Waals surface area contributed by atoms with Crippen LogP contribution in [0.5, 0.6) is 0 Å². The van der Waals surface area contributed by atoms with Crippen molar-refractivity contribution in [3.8, 4) is 0 Å². The third-order valence-electron chi connectivity index (χ3n) is 5.45. The van der Waals surface area contributed by atoms with Gasteiger partial charge in [-0.25, -0.2) is 0 Å². The third kappa shape index (κ3) is 1.51. The van der Waals surface area contributed by atoms with E-state index in [0.29, 0.717) is 0 Å². The van der Waals surface area contributed by atoms with Gasteiger partial charge in [0, 0.05) is 0 Å². The molecule has 2 rings (SSSR count). The van der Waals surface area contributed by atoms with Gasteiger partial charge in [0.25, 0.3) is 0 Å². The first-order valence-electron chi connectivity index (χ1n) is 6.63. The Labute approximate surface area is 89.5 Å². The normalized spacial score (nSPS) is 41.6. The van der Waals surface area contributed by atoms with E-state index in [9.17, 15) is 0 Å². The Morgan fingerprint density at radius 1 is 1.21 bits per heavy atom. The van der Waals surface area contributed by atoms with Crippen molar-refractivity contribution in [1.29, 1.82) is 0 Å². The molecule has 2 atom stereocenters. The second-order valence-corrected chi connectivity index (χ2v) is 6.08. The van der Waals surface area contributed by atoms with Crippen LogP contribution in [0, 0.1) is 29.1 Å². The summed E-state index contributed by atoms with van der Waals surface area (Å²) in [5, 5.41) is 0. The lowest BCUT2D eigenvalue weighted by atomic mass is 9.67. The van der Waals surface area contributed by atoms with Crippen molar-refractivity contribution in [1.82, 2.24) is 0 Å². The van der Waals surface area contributed by atoms with Crippen LogP contribution in [0.25, 0.3) is 0 Å². The molecule has 2 unspecified atom stereocenters. The van der Waals surface area contributed by atoms with Gasteiger partial charge in [-0.15, -0.1) is 0 Å². The summed E-state index contributed by atoms with van der Waals surface area (Å²) in [5.41, 5.74) is 0.776. The van der Waals surface area contributed by atoms with Crippen molar-refractivity contribution in [2.75, 3.05) is 0 Å². The van der Waals surface area contributed by atoms with Crippen LogP contribution in [0.3, 0.4) is 0 Å². The zero-order valence-corrected chi connectivity index (χ0v) is 10.3. The fourth-order valence-corrected chi connectivity index (χ4v) is 3.91. The predicted octanol–water partition coefficient (Wildman–Crippen LogP) is 4.49. The summed E-state index contributed by atoms with van der Waals surface area (Å²) in [6.07, 6.45) is 7.40. The van der Waals surface area contributed by atoms with Gasteiger partial charge in [-0.05, 0) is 48.3 Å². The molecule has 0 aromatic rings.